The minimum atomic E-state index is -1.14. The highest BCUT2D eigenvalue weighted by Gasteiger charge is 2.24. The van der Waals surface area contributed by atoms with Gasteiger partial charge in [-0.25, -0.2) is 19.9 Å². The van der Waals surface area contributed by atoms with Crippen molar-refractivity contribution in [3.05, 3.63) is 40.1 Å². The van der Waals surface area contributed by atoms with E-state index in [1.54, 1.807) is 35.7 Å². The van der Waals surface area contributed by atoms with E-state index in [4.69, 9.17) is 23.2 Å². The van der Waals surface area contributed by atoms with Crippen LogP contribution in [0.2, 0.25) is 10.0 Å². The Bertz CT molecular complexity index is 1210. The summed E-state index contributed by atoms with van der Waals surface area (Å²) in [4.78, 5) is 21.6. The van der Waals surface area contributed by atoms with Crippen LogP contribution in [-0.4, -0.2) is 53.2 Å². The van der Waals surface area contributed by atoms with Gasteiger partial charge in [0.25, 0.3) is 0 Å². The second kappa shape index (κ2) is 6.73. The first-order chi connectivity index (χ1) is 13.4. The van der Waals surface area contributed by atoms with Crippen molar-refractivity contribution in [1.82, 2.24) is 35.0 Å². The number of amides is 1. The van der Waals surface area contributed by atoms with Crippen LogP contribution < -0.4 is 4.90 Å². The molecular formula is C16H12Cl2N8O2. The lowest BCUT2D eigenvalue weighted by Crippen LogP contribution is -2.26. The van der Waals surface area contributed by atoms with E-state index in [0.717, 1.165) is 4.90 Å². The number of benzene rings is 1. The summed E-state index contributed by atoms with van der Waals surface area (Å²) in [5, 5.41) is 24.0. The smallest absolute Gasteiger partial charge is 0.411 e. The maximum Gasteiger partial charge on any atom is 0.411 e. The van der Waals surface area contributed by atoms with E-state index in [9.17, 15) is 9.90 Å². The van der Waals surface area contributed by atoms with Gasteiger partial charge in [-0.3, -0.25) is 9.30 Å². The van der Waals surface area contributed by atoms with Gasteiger partial charge < -0.3 is 5.11 Å². The van der Waals surface area contributed by atoms with Gasteiger partial charge in [0.05, 0.1) is 22.1 Å². The third-order valence-electron chi connectivity index (χ3n) is 4.16. The number of rotatable bonds is 3. The van der Waals surface area contributed by atoms with Gasteiger partial charge in [-0.05, 0) is 35.5 Å². The first-order valence-corrected chi connectivity index (χ1v) is 8.68. The summed E-state index contributed by atoms with van der Waals surface area (Å²) >= 11 is 12.5. The van der Waals surface area contributed by atoms with E-state index in [-0.39, 0.29) is 0 Å². The number of aromatic amines is 1. The Morgan fingerprint density at radius 2 is 2.07 bits per heavy atom. The highest BCUT2D eigenvalue weighted by molar-refractivity contribution is 6.36. The molecule has 0 aliphatic heterocycles. The third-order valence-corrected chi connectivity index (χ3v) is 4.71. The molecule has 142 valence electrons. The maximum atomic E-state index is 11.7. The average Bonchev–Trinajstić information content (AvgIpc) is 3.29. The standard InChI is InChI=1S/C16H12Cl2N8O2/c1-7-12(25(2)16(27)28)13(9-4-3-8(17)5-10(9)18)26-6-11(20-15(26)19-7)14-21-23-24-22-14/h3-6H,1-2H3,(H,27,28)(H,21,22,23,24). The molecule has 3 heterocycles. The number of hydrogen-bond acceptors (Lipinski definition) is 6. The molecule has 3 aromatic heterocycles. The highest BCUT2D eigenvalue weighted by Crippen LogP contribution is 2.38. The zero-order chi connectivity index (χ0) is 20.0. The molecule has 0 saturated heterocycles. The van der Waals surface area contributed by atoms with E-state index in [1.165, 1.54) is 7.05 Å². The molecular weight excluding hydrogens is 407 g/mol. The summed E-state index contributed by atoms with van der Waals surface area (Å²) in [5.41, 5.74) is 2.35. The van der Waals surface area contributed by atoms with Crippen LogP contribution in [0.15, 0.2) is 24.4 Å². The number of halogens is 2. The number of nitrogens with zero attached hydrogens (tertiary/aromatic N) is 7. The molecule has 0 radical (unpaired) electrons. The molecule has 28 heavy (non-hydrogen) atoms. The van der Waals surface area contributed by atoms with Crippen LogP contribution >= 0.6 is 23.2 Å². The Morgan fingerprint density at radius 3 is 2.71 bits per heavy atom. The number of aromatic nitrogens is 7. The van der Waals surface area contributed by atoms with Gasteiger partial charge >= 0.3 is 6.09 Å². The molecule has 0 atom stereocenters. The maximum absolute atomic E-state index is 11.7. The van der Waals surface area contributed by atoms with Crippen LogP contribution in [-0.2, 0) is 0 Å². The number of fused-ring (bicyclic) bond motifs is 1. The largest absolute Gasteiger partial charge is 0.465 e. The van der Waals surface area contributed by atoms with E-state index < -0.39 is 6.09 Å². The zero-order valence-corrected chi connectivity index (χ0v) is 16.1. The van der Waals surface area contributed by atoms with Gasteiger partial charge in [0.1, 0.15) is 5.69 Å². The zero-order valence-electron chi connectivity index (χ0n) is 14.6. The van der Waals surface area contributed by atoms with Gasteiger partial charge in [0, 0.05) is 23.8 Å². The van der Waals surface area contributed by atoms with Gasteiger partial charge in [-0.2, -0.15) is 0 Å². The molecule has 2 N–H and O–H groups in total. The molecule has 1 aromatic carbocycles. The molecule has 0 fully saturated rings. The molecule has 1 amide bonds. The number of H-pyrrole nitrogens is 1. The average molecular weight is 419 g/mol. The van der Waals surface area contributed by atoms with E-state index >= 15 is 0 Å². The van der Waals surface area contributed by atoms with Crippen molar-refractivity contribution in [2.75, 3.05) is 11.9 Å². The Morgan fingerprint density at radius 1 is 1.29 bits per heavy atom. The number of imidazole rings is 1. The summed E-state index contributed by atoms with van der Waals surface area (Å²) in [5.74, 6) is 0.692. The van der Waals surface area contributed by atoms with Crippen molar-refractivity contribution in [3.63, 3.8) is 0 Å². The monoisotopic (exact) mass is 418 g/mol. The van der Waals surface area contributed by atoms with Gasteiger partial charge in [0.2, 0.25) is 5.78 Å². The van der Waals surface area contributed by atoms with Crippen LogP contribution in [0.1, 0.15) is 5.69 Å². The minimum absolute atomic E-state index is 0.340. The van der Waals surface area contributed by atoms with Crippen LogP contribution in [0.5, 0.6) is 0 Å². The molecule has 0 saturated carbocycles. The van der Waals surface area contributed by atoms with Gasteiger partial charge in [-0.1, -0.05) is 23.2 Å². The lowest BCUT2D eigenvalue weighted by molar-refractivity contribution is 0.203. The van der Waals surface area contributed by atoms with Gasteiger partial charge in [0.15, 0.2) is 5.82 Å². The van der Waals surface area contributed by atoms with Crippen molar-refractivity contribution >= 4 is 40.8 Å². The Labute approximate surface area is 167 Å². The van der Waals surface area contributed by atoms with E-state index in [1.807, 2.05) is 0 Å². The predicted molar refractivity (Wildman–Crippen MR) is 103 cm³/mol. The minimum Gasteiger partial charge on any atom is -0.465 e. The molecule has 10 nitrogen and oxygen atoms in total. The van der Waals surface area contributed by atoms with Crippen LogP contribution in [0.25, 0.3) is 28.6 Å². The Balaban J connectivity index is 2.10. The normalized spacial score (nSPS) is 11.1. The fourth-order valence-electron chi connectivity index (χ4n) is 2.92. The number of carbonyl (C=O) groups is 1. The SMILES string of the molecule is Cc1nc2nc(-c3nnn[nH]3)cn2c(-c2ccc(Cl)cc2Cl)c1N(C)C(=O)O. The fraction of sp³-hybridized carbons (Fsp3) is 0.125. The highest BCUT2D eigenvalue weighted by atomic mass is 35.5. The molecule has 0 aliphatic rings. The summed E-state index contributed by atoms with van der Waals surface area (Å²) in [6.07, 6.45) is 0.513. The summed E-state index contributed by atoms with van der Waals surface area (Å²) in [7, 11) is 1.43. The Kier molecular flexibility index (Phi) is 4.36. The van der Waals surface area contributed by atoms with Crippen molar-refractivity contribution in [3.8, 4) is 22.8 Å². The summed E-state index contributed by atoms with van der Waals surface area (Å²) < 4.78 is 1.65. The number of nitrogens with one attached hydrogen (secondary N) is 1. The third kappa shape index (κ3) is 2.92. The topological polar surface area (TPSA) is 125 Å². The fourth-order valence-corrected chi connectivity index (χ4v) is 3.42. The van der Waals surface area contributed by atoms with Gasteiger partial charge in [-0.15, -0.1) is 5.10 Å². The van der Waals surface area contributed by atoms with Crippen molar-refractivity contribution in [2.45, 2.75) is 6.92 Å². The van der Waals surface area contributed by atoms with Crippen molar-refractivity contribution in [1.29, 1.82) is 0 Å². The Hall–Kier alpha value is -3.24. The lowest BCUT2D eigenvalue weighted by Gasteiger charge is -2.21. The van der Waals surface area contributed by atoms with E-state index in [0.29, 0.717) is 50.0 Å². The second-order valence-electron chi connectivity index (χ2n) is 5.91. The van der Waals surface area contributed by atoms with E-state index in [2.05, 4.69) is 30.6 Å². The quantitative estimate of drug-likeness (QED) is 0.522. The molecule has 4 aromatic rings. The summed E-state index contributed by atoms with van der Waals surface area (Å²) in [6, 6.07) is 4.98. The van der Waals surface area contributed by atoms with Crippen molar-refractivity contribution in [2.24, 2.45) is 0 Å². The van der Waals surface area contributed by atoms with Crippen LogP contribution in [0, 0.1) is 6.92 Å². The number of tetrazole rings is 1. The van der Waals surface area contributed by atoms with Crippen molar-refractivity contribution < 1.29 is 9.90 Å². The first-order valence-electron chi connectivity index (χ1n) is 7.92. The molecule has 0 spiro atoms. The number of hydrogen-bond donors (Lipinski definition) is 2. The first kappa shape index (κ1) is 18.1. The number of aryl methyl sites for hydroxylation is 1. The number of carboxylic acid groups (broad SMARTS) is 1. The number of anilines is 1. The molecule has 12 heteroatoms. The lowest BCUT2D eigenvalue weighted by atomic mass is 10.1. The molecule has 0 unspecified atom stereocenters. The van der Waals surface area contributed by atoms with Crippen LogP contribution in [0.3, 0.4) is 0 Å². The molecule has 0 bridgehead atoms. The predicted octanol–water partition coefficient (Wildman–Crippen LogP) is 3.31. The molecule has 0 aliphatic carbocycles. The second-order valence-corrected chi connectivity index (χ2v) is 6.75. The molecule has 4 rings (SSSR count). The summed E-state index contributed by atoms with van der Waals surface area (Å²) in [6.45, 7) is 1.70. The van der Waals surface area contributed by atoms with Crippen LogP contribution in [0.4, 0.5) is 10.5 Å².